The maximum absolute atomic E-state index is 12.7. The lowest BCUT2D eigenvalue weighted by Gasteiger charge is -2.13. The molecule has 1 heterocycles. The highest BCUT2D eigenvalue weighted by Gasteiger charge is 2.11. The molecule has 0 aliphatic carbocycles. The van der Waals surface area contributed by atoms with E-state index < -0.39 is 0 Å². The Hall–Kier alpha value is -2.66. The Bertz CT molecular complexity index is 837. The molecule has 0 amide bonds. The Morgan fingerprint density at radius 3 is 2.52 bits per heavy atom. The first-order chi connectivity index (χ1) is 10.2. The Balaban J connectivity index is 2.29. The van der Waals surface area contributed by atoms with Gasteiger partial charge in [0.25, 0.3) is 5.56 Å². The molecule has 0 fully saturated rings. The van der Waals surface area contributed by atoms with Crippen LogP contribution in [0, 0.1) is 0 Å². The van der Waals surface area contributed by atoms with Crippen LogP contribution >= 0.6 is 0 Å². The van der Waals surface area contributed by atoms with Crippen molar-refractivity contribution in [2.24, 2.45) is 5.84 Å². The fraction of sp³-hybridized carbons (Fsp3) is 0.125. The minimum Gasteiger partial charge on any atom is -0.293 e. The van der Waals surface area contributed by atoms with Crippen LogP contribution in [0.3, 0.4) is 0 Å². The van der Waals surface area contributed by atoms with Gasteiger partial charge in [0.15, 0.2) is 0 Å². The van der Waals surface area contributed by atoms with Crippen LogP contribution in [-0.4, -0.2) is 9.55 Å². The summed E-state index contributed by atoms with van der Waals surface area (Å²) in [6.07, 6.45) is 0.952. The van der Waals surface area contributed by atoms with E-state index in [4.69, 9.17) is 5.84 Å². The van der Waals surface area contributed by atoms with Crippen molar-refractivity contribution in [1.29, 1.82) is 0 Å². The number of hydrogen-bond acceptors (Lipinski definition) is 4. The molecule has 21 heavy (non-hydrogen) atoms. The van der Waals surface area contributed by atoms with Gasteiger partial charge in [0.05, 0.1) is 16.6 Å². The molecule has 0 bridgehead atoms. The fourth-order valence-corrected chi connectivity index (χ4v) is 2.35. The molecule has 3 rings (SSSR count). The minimum absolute atomic E-state index is 0.141. The van der Waals surface area contributed by atoms with Crippen molar-refractivity contribution in [2.45, 2.75) is 13.3 Å². The second kappa shape index (κ2) is 5.38. The number of nitrogens with zero attached hydrogens (tertiary/aromatic N) is 2. The van der Waals surface area contributed by atoms with E-state index in [1.165, 1.54) is 10.1 Å². The first-order valence-corrected chi connectivity index (χ1v) is 6.82. The summed E-state index contributed by atoms with van der Waals surface area (Å²) in [5.74, 6) is 5.85. The van der Waals surface area contributed by atoms with Crippen LogP contribution in [0.4, 0.5) is 5.95 Å². The van der Waals surface area contributed by atoms with Gasteiger partial charge in [0.1, 0.15) is 0 Å². The van der Waals surface area contributed by atoms with E-state index in [0.29, 0.717) is 16.9 Å². The van der Waals surface area contributed by atoms with Crippen molar-refractivity contribution < 1.29 is 0 Å². The van der Waals surface area contributed by atoms with Crippen LogP contribution in [-0.2, 0) is 6.42 Å². The van der Waals surface area contributed by atoms with E-state index in [1.807, 2.05) is 36.4 Å². The fourth-order valence-electron chi connectivity index (χ4n) is 2.35. The molecule has 5 nitrogen and oxygen atoms in total. The number of nitrogens with one attached hydrogen (secondary N) is 1. The first kappa shape index (κ1) is 13.3. The Morgan fingerprint density at radius 2 is 1.86 bits per heavy atom. The molecule has 0 saturated heterocycles. The van der Waals surface area contributed by atoms with E-state index in [2.05, 4.69) is 17.3 Å². The van der Waals surface area contributed by atoms with Gasteiger partial charge in [0.2, 0.25) is 5.95 Å². The van der Waals surface area contributed by atoms with Gasteiger partial charge in [-0.25, -0.2) is 15.4 Å². The van der Waals surface area contributed by atoms with Crippen LogP contribution in [0.1, 0.15) is 12.5 Å². The van der Waals surface area contributed by atoms with Gasteiger partial charge in [-0.3, -0.25) is 10.2 Å². The van der Waals surface area contributed by atoms with Crippen LogP contribution < -0.4 is 16.8 Å². The lowest BCUT2D eigenvalue weighted by atomic mass is 10.1. The second-order valence-corrected chi connectivity index (χ2v) is 4.76. The van der Waals surface area contributed by atoms with Gasteiger partial charge in [-0.15, -0.1) is 0 Å². The lowest BCUT2D eigenvalue weighted by molar-refractivity contribution is 0.953. The molecular formula is C16H16N4O. The first-order valence-electron chi connectivity index (χ1n) is 6.82. The number of para-hydroxylation sites is 1. The molecule has 0 aliphatic rings. The predicted octanol–water partition coefficient (Wildman–Crippen LogP) is 2.23. The van der Waals surface area contributed by atoms with Crippen molar-refractivity contribution in [1.82, 2.24) is 9.55 Å². The number of hydrazine groups is 1. The summed E-state index contributed by atoms with van der Waals surface area (Å²) in [6, 6.07) is 15.0. The third-order valence-corrected chi connectivity index (χ3v) is 3.51. The number of aryl methyl sites for hydroxylation is 1. The zero-order chi connectivity index (χ0) is 14.8. The lowest BCUT2D eigenvalue weighted by Crippen LogP contribution is -2.25. The van der Waals surface area contributed by atoms with Gasteiger partial charge in [-0.05, 0) is 36.2 Å². The number of anilines is 1. The van der Waals surface area contributed by atoms with Crippen LogP contribution in [0.2, 0.25) is 0 Å². The zero-order valence-electron chi connectivity index (χ0n) is 11.7. The van der Waals surface area contributed by atoms with E-state index in [-0.39, 0.29) is 5.56 Å². The maximum atomic E-state index is 12.7. The average molecular weight is 280 g/mol. The maximum Gasteiger partial charge on any atom is 0.267 e. The molecule has 1 aromatic heterocycles. The van der Waals surface area contributed by atoms with Crippen molar-refractivity contribution in [2.75, 3.05) is 5.43 Å². The Morgan fingerprint density at radius 1 is 1.14 bits per heavy atom. The molecule has 5 heteroatoms. The highest BCUT2D eigenvalue weighted by molar-refractivity contribution is 5.79. The van der Waals surface area contributed by atoms with Crippen molar-refractivity contribution in [3.8, 4) is 5.69 Å². The SMILES string of the molecule is CCc1ccc(-n2c(NN)nc3ccccc3c2=O)cc1. The highest BCUT2D eigenvalue weighted by atomic mass is 16.1. The summed E-state index contributed by atoms with van der Waals surface area (Å²) in [7, 11) is 0. The van der Waals surface area contributed by atoms with E-state index >= 15 is 0 Å². The van der Waals surface area contributed by atoms with Crippen molar-refractivity contribution in [3.63, 3.8) is 0 Å². The summed E-state index contributed by atoms with van der Waals surface area (Å²) in [4.78, 5) is 17.1. The molecule has 2 aromatic carbocycles. The van der Waals surface area contributed by atoms with Gasteiger partial charge in [0, 0.05) is 0 Å². The van der Waals surface area contributed by atoms with Gasteiger partial charge >= 0.3 is 0 Å². The van der Waals surface area contributed by atoms with Gasteiger partial charge in [-0.1, -0.05) is 31.2 Å². The number of fused-ring (bicyclic) bond motifs is 1. The number of nitrogen functional groups attached to an aromatic ring is 1. The summed E-state index contributed by atoms with van der Waals surface area (Å²) in [6.45, 7) is 2.09. The Labute approximate surface area is 122 Å². The molecule has 0 aliphatic heterocycles. The van der Waals surface area contributed by atoms with Crippen molar-refractivity contribution >= 4 is 16.9 Å². The third kappa shape index (κ3) is 2.28. The Kier molecular flexibility index (Phi) is 3.41. The summed E-state index contributed by atoms with van der Waals surface area (Å²) >= 11 is 0. The summed E-state index contributed by atoms with van der Waals surface area (Å²) < 4.78 is 1.49. The van der Waals surface area contributed by atoms with Gasteiger partial charge < -0.3 is 0 Å². The molecule has 106 valence electrons. The standard InChI is InChI=1S/C16H16N4O/c1-2-11-7-9-12(10-8-11)20-15(21)13-5-3-4-6-14(13)18-16(20)19-17/h3-10H,2,17H2,1H3,(H,18,19). The molecule has 0 atom stereocenters. The molecule has 0 spiro atoms. The number of nitrogens with two attached hydrogens (primary N) is 1. The second-order valence-electron chi connectivity index (χ2n) is 4.76. The molecule has 0 saturated carbocycles. The van der Waals surface area contributed by atoms with Crippen LogP contribution in [0.15, 0.2) is 53.3 Å². The molecule has 0 radical (unpaired) electrons. The number of benzene rings is 2. The third-order valence-electron chi connectivity index (χ3n) is 3.51. The minimum atomic E-state index is -0.141. The summed E-state index contributed by atoms with van der Waals surface area (Å²) in [5, 5.41) is 0.566. The van der Waals surface area contributed by atoms with Gasteiger partial charge in [-0.2, -0.15) is 0 Å². The van der Waals surface area contributed by atoms with Crippen LogP contribution in [0.25, 0.3) is 16.6 Å². The molecular weight excluding hydrogens is 264 g/mol. The average Bonchev–Trinajstić information content (AvgIpc) is 2.55. The topological polar surface area (TPSA) is 72.9 Å². The number of aromatic nitrogens is 2. The van der Waals surface area contributed by atoms with E-state index in [1.54, 1.807) is 12.1 Å². The number of hydrogen-bond donors (Lipinski definition) is 2. The highest BCUT2D eigenvalue weighted by Crippen LogP contribution is 2.16. The normalized spacial score (nSPS) is 10.8. The quantitative estimate of drug-likeness (QED) is 0.570. The van der Waals surface area contributed by atoms with E-state index in [0.717, 1.165) is 12.1 Å². The van der Waals surface area contributed by atoms with Crippen molar-refractivity contribution in [3.05, 3.63) is 64.4 Å². The summed E-state index contributed by atoms with van der Waals surface area (Å²) in [5.41, 5.74) is 4.94. The molecule has 3 N–H and O–H groups in total. The monoisotopic (exact) mass is 280 g/mol. The molecule has 0 unspecified atom stereocenters. The predicted molar refractivity (Wildman–Crippen MR) is 84.5 cm³/mol. The molecule has 3 aromatic rings. The smallest absolute Gasteiger partial charge is 0.267 e. The number of rotatable bonds is 3. The van der Waals surface area contributed by atoms with Crippen LogP contribution in [0.5, 0.6) is 0 Å². The van der Waals surface area contributed by atoms with E-state index in [9.17, 15) is 4.79 Å². The largest absolute Gasteiger partial charge is 0.293 e. The zero-order valence-corrected chi connectivity index (χ0v) is 11.7.